The quantitative estimate of drug-likeness (QED) is 0.882. The number of fused-ring (bicyclic) bond motifs is 1. The number of rotatable bonds is 3. The summed E-state index contributed by atoms with van der Waals surface area (Å²) in [6.45, 7) is 2.62. The zero-order valence-electron chi connectivity index (χ0n) is 11.7. The van der Waals surface area contributed by atoms with E-state index in [1.807, 2.05) is 18.5 Å². The molecule has 2 aromatic rings. The summed E-state index contributed by atoms with van der Waals surface area (Å²) in [5.41, 5.74) is 8.63. The van der Waals surface area contributed by atoms with Gasteiger partial charge in [0.1, 0.15) is 5.52 Å². The second-order valence-electron chi connectivity index (χ2n) is 5.45. The minimum absolute atomic E-state index is 0.111. The van der Waals surface area contributed by atoms with Crippen molar-refractivity contribution in [1.29, 1.82) is 0 Å². The van der Waals surface area contributed by atoms with Crippen LogP contribution in [-0.4, -0.2) is 39.3 Å². The van der Waals surface area contributed by atoms with Crippen molar-refractivity contribution in [1.82, 2.24) is 19.3 Å². The fraction of sp³-hybridized carbons (Fsp3) is 0.667. The number of nitrogens with zero attached hydrogens (tertiary/aromatic N) is 4. The zero-order valence-corrected chi connectivity index (χ0v) is 12.5. The number of anilines is 1. The van der Waals surface area contributed by atoms with Crippen LogP contribution in [0.5, 0.6) is 0 Å². The van der Waals surface area contributed by atoms with E-state index >= 15 is 0 Å². The SMILES string of the molecule is CCc1nn(C)c2c1nc(N)n2CC1CCS(=O)(=O)C1. The van der Waals surface area contributed by atoms with E-state index in [0.29, 0.717) is 18.9 Å². The predicted molar refractivity (Wildman–Crippen MR) is 77.1 cm³/mol. The minimum Gasteiger partial charge on any atom is -0.369 e. The second kappa shape index (κ2) is 4.47. The van der Waals surface area contributed by atoms with E-state index in [2.05, 4.69) is 10.1 Å². The van der Waals surface area contributed by atoms with Crippen LogP contribution in [0.4, 0.5) is 5.95 Å². The van der Waals surface area contributed by atoms with Crippen molar-refractivity contribution in [3.63, 3.8) is 0 Å². The standard InChI is InChI=1S/C12H19N5O2S/c1-3-9-10-11(16(2)15-9)17(12(13)14-10)6-8-4-5-20(18,19)7-8/h8H,3-7H2,1-2H3,(H2,13,14). The number of nitrogen functional groups attached to an aromatic ring is 1. The first-order chi connectivity index (χ1) is 9.41. The maximum absolute atomic E-state index is 11.6. The van der Waals surface area contributed by atoms with Gasteiger partial charge in [-0.3, -0.25) is 9.25 Å². The van der Waals surface area contributed by atoms with Crippen LogP contribution >= 0.6 is 0 Å². The Bertz CT molecular complexity index is 758. The molecule has 0 bridgehead atoms. The van der Waals surface area contributed by atoms with Gasteiger partial charge in [-0.05, 0) is 18.8 Å². The molecule has 3 rings (SSSR count). The van der Waals surface area contributed by atoms with Gasteiger partial charge >= 0.3 is 0 Å². The number of imidazole rings is 1. The zero-order chi connectivity index (χ0) is 14.5. The lowest BCUT2D eigenvalue weighted by Crippen LogP contribution is -2.15. The molecule has 1 saturated heterocycles. The number of aryl methyl sites for hydroxylation is 2. The maximum atomic E-state index is 11.6. The monoisotopic (exact) mass is 297 g/mol. The number of sulfone groups is 1. The van der Waals surface area contributed by atoms with E-state index in [1.165, 1.54) is 0 Å². The highest BCUT2D eigenvalue weighted by Gasteiger charge is 2.29. The molecule has 3 heterocycles. The summed E-state index contributed by atoms with van der Waals surface area (Å²) in [7, 11) is -1.01. The Balaban J connectivity index is 1.99. The highest BCUT2D eigenvalue weighted by Crippen LogP contribution is 2.26. The Morgan fingerprint density at radius 2 is 2.20 bits per heavy atom. The molecule has 1 atom stereocenters. The first-order valence-corrected chi connectivity index (χ1v) is 8.61. The molecule has 8 heteroatoms. The number of hydrogen-bond donors (Lipinski definition) is 1. The Kier molecular flexibility index (Phi) is 3.00. The highest BCUT2D eigenvalue weighted by atomic mass is 32.2. The van der Waals surface area contributed by atoms with Gasteiger partial charge in [0.25, 0.3) is 0 Å². The molecular formula is C12H19N5O2S. The first-order valence-electron chi connectivity index (χ1n) is 6.79. The van der Waals surface area contributed by atoms with Crippen LogP contribution in [0.1, 0.15) is 19.0 Å². The third-order valence-corrected chi connectivity index (χ3v) is 5.76. The van der Waals surface area contributed by atoms with Gasteiger partial charge in [-0.25, -0.2) is 13.4 Å². The van der Waals surface area contributed by atoms with Crippen LogP contribution in [0.3, 0.4) is 0 Å². The van der Waals surface area contributed by atoms with Crippen molar-refractivity contribution in [3.8, 4) is 0 Å². The van der Waals surface area contributed by atoms with Gasteiger partial charge in [-0.1, -0.05) is 6.92 Å². The maximum Gasteiger partial charge on any atom is 0.202 e. The van der Waals surface area contributed by atoms with Crippen LogP contribution in [0.15, 0.2) is 0 Å². The molecule has 0 spiro atoms. The Hall–Kier alpha value is -1.57. The predicted octanol–water partition coefficient (Wildman–Crippen LogP) is 0.349. The Morgan fingerprint density at radius 1 is 1.45 bits per heavy atom. The molecule has 1 fully saturated rings. The average molecular weight is 297 g/mol. The lowest BCUT2D eigenvalue weighted by atomic mass is 10.1. The van der Waals surface area contributed by atoms with E-state index in [9.17, 15) is 8.42 Å². The molecule has 20 heavy (non-hydrogen) atoms. The topological polar surface area (TPSA) is 95.8 Å². The van der Waals surface area contributed by atoms with Crippen molar-refractivity contribution < 1.29 is 8.42 Å². The summed E-state index contributed by atoms with van der Waals surface area (Å²) < 4.78 is 26.8. The molecule has 2 N–H and O–H groups in total. The van der Waals surface area contributed by atoms with E-state index in [4.69, 9.17) is 5.73 Å². The Morgan fingerprint density at radius 3 is 2.80 bits per heavy atom. The summed E-state index contributed by atoms with van der Waals surface area (Å²) in [4.78, 5) is 4.39. The molecule has 110 valence electrons. The molecular weight excluding hydrogens is 278 g/mol. The smallest absolute Gasteiger partial charge is 0.202 e. The third-order valence-electron chi connectivity index (χ3n) is 3.92. The summed E-state index contributed by atoms with van der Waals surface area (Å²) in [6.07, 6.45) is 1.49. The first kappa shape index (κ1) is 13.4. The summed E-state index contributed by atoms with van der Waals surface area (Å²) in [5.74, 6) is 1.07. The lowest BCUT2D eigenvalue weighted by Gasteiger charge is -2.11. The molecule has 1 aliphatic heterocycles. The van der Waals surface area contributed by atoms with Crippen molar-refractivity contribution in [2.75, 3.05) is 17.2 Å². The number of aromatic nitrogens is 4. The largest absolute Gasteiger partial charge is 0.369 e. The second-order valence-corrected chi connectivity index (χ2v) is 7.67. The van der Waals surface area contributed by atoms with Crippen LogP contribution in [0, 0.1) is 5.92 Å². The molecule has 7 nitrogen and oxygen atoms in total. The molecule has 0 saturated carbocycles. The lowest BCUT2D eigenvalue weighted by molar-refractivity contribution is 0.496. The molecule has 0 aromatic carbocycles. The minimum atomic E-state index is -2.87. The van der Waals surface area contributed by atoms with E-state index < -0.39 is 9.84 Å². The van der Waals surface area contributed by atoms with Crippen LogP contribution in [0.25, 0.3) is 11.2 Å². The average Bonchev–Trinajstić information content (AvgIpc) is 2.97. The van der Waals surface area contributed by atoms with E-state index in [-0.39, 0.29) is 17.4 Å². The molecule has 1 unspecified atom stereocenters. The van der Waals surface area contributed by atoms with Gasteiger partial charge in [-0.2, -0.15) is 5.10 Å². The van der Waals surface area contributed by atoms with E-state index in [0.717, 1.165) is 23.3 Å². The van der Waals surface area contributed by atoms with Crippen LogP contribution in [0.2, 0.25) is 0 Å². The fourth-order valence-electron chi connectivity index (χ4n) is 2.95. The van der Waals surface area contributed by atoms with Gasteiger partial charge in [0, 0.05) is 13.6 Å². The van der Waals surface area contributed by atoms with Crippen molar-refractivity contribution in [2.45, 2.75) is 26.3 Å². The number of nitrogens with two attached hydrogens (primary N) is 1. The summed E-state index contributed by atoms with van der Waals surface area (Å²) in [6, 6.07) is 0. The molecule has 0 aliphatic carbocycles. The van der Waals surface area contributed by atoms with Crippen molar-refractivity contribution in [3.05, 3.63) is 5.69 Å². The molecule has 1 aliphatic rings. The molecule has 0 amide bonds. The van der Waals surface area contributed by atoms with Gasteiger partial charge in [0.05, 0.1) is 17.2 Å². The van der Waals surface area contributed by atoms with Gasteiger partial charge in [0.2, 0.25) is 5.95 Å². The van der Waals surface area contributed by atoms with E-state index in [1.54, 1.807) is 4.68 Å². The molecule has 0 radical (unpaired) electrons. The molecule has 2 aromatic heterocycles. The van der Waals surface area contributed by atoms with Crippen molar-refractivity contribution >= 4 is 26.9 Å². The van der Waals surface area contributed by atoms with Gasteiger partial charge in [-0.15, -0.1) is 0 Å². The number of hydrogen-bond acceptors (Lipinski definition) is 5. The highest BCUT2D eigenvalue weighted by molar-refractivity contribution is 7.91. The van der Waals surface area contributed by atoms with Crippen molar-refractivity contribution in [2.24, 2.45) is 13.0 Å². The van der Waals surface area contributed by atoms with Gasteiger partial charge in [0.15, 0.2) is 15.5 Å². The summed E-state index contributed by atoms with van der Waals surface area (Å²) >= 11 is 0. The normalized spacial score (nSPS) is 21.8. The summed E-state index contributed by atoms with van der Waals surface area (Å²) in [5, 5.41) is 4.43. The van der Waals surface area contributed by atoms with Crippen LogP contribution < -0.4 is 5.73 Å². The van der Waals surface area contributed by atoms with Gasteiger partial charge < -0.3 is 5.73 Å². The van der Waals surface area contributed by atoms with Crippen LogP contribution in [-0.2, 0) is 29.9 Å². The fourth-order valence-corrected chi connectivity index (χ4v) is 4.80. The third kappa shape index (κ3) is 2.07. The Labute approximate surface area is 117 Å².